The van der Waals surface area contributed by atoms with Crippen molar-refractivity contribution in [2.24, 2.45) is 4.99 Å². The Hall–Kier alpha value is -2.44. The zero-order valence-corrected chi connectivity index (χ0v) is 10.0. The standard InChI is InChI=1S/C13H9F3N2O2/c14-13(15,16)9-3-1-2-8(4-9)5-10-12(11(20)6-19)18-7-17-10/h1-7,12H,(H,17,18). The molecule has 0 saturated heterocycles. The van der Waals surface area contributed by atoms with E-state index in [1.807, 2.05) is 0 Å². The fraction of sp³-hybridized carbons (Fsp3) is 0.154. The van der Waals surface area contributed by atoms with Crippen LogP contribution in [0.2, 0.25) is 0 Å². The fourth-order valence-electron chi connectivity index (χ4n) is 1.74. The maximum Gasteiger partial charge on any atom is 0.416 e. The smallest absolute Gasteiger partial charge is 0.348 e. The summed E-state index contributed by atoms with van der Waals surface area (Å²) in [6.45, 7) is 0. The molecule has 1 N–H and O–H groups in total. The van der Waals surface area contributed by atoms with Crippen molar-refractivity contribution in [2.75, 3.05) is 0 Å². The number of hydrogen-bond acceptors (Lipinski definition) is 4. The van der Waals surface area contributed by atoms with E-state index in [1.165, 1.54) is 24.5 Å². The topological polar surface area (TPSA) is 58.5 Å². The van der Waals surface area contributed by atoms with Crippen LogP contribution in [0.3, 0.4) is 0 Å². The molecule has 0 aromatic heterocycles. The number of nitrogens with zero attached hydrogens (tertiary/aromatic N) is 1. The molecule has 0 aliphatic carbocycles. The third kappa shape index (κ3) is 2.93. The summed E-state index contributed by atoms with van der Waals surface area (Å²) < 4.78 is 37.7. The van der Waals surface area contributed by atoms with E-state index in [-0.39, 0.29) is 17.5 Å². The molecule has 0 bridgehead atoms. The monoisotopic (exact) mass is 282 g/mol. The van der Waals surface area contributed by atoms with Gasteiger partial charge in [-0.05, 0) is 23.8 Å². The number of hydrogen-bond donors (Lipinski definition) is 1. The molecule has 1 unspecified atom stereocenters. The molecule has 1 aliphatic heterocycles. The quantitative estimate of drug-likeness (QED) is 0.679. The van der Waals surface area contributed by atoms with Crippen molar-refractivity contribution in [1.29, 1.82) is 0 Å². The summed E-state index contributed by atoms with van der Waals surface area (Å²) in [4.78, 5) is 25.5. The molecule has 4 nitrogen and oxygen atoms in total. The first-order valence-corrected chi connectivity index (χ1v) is 5.58. The summed E-state index contributed by atoms with van der Waals surface area (Å²) in [5.74, 6) is -0.760. The van der Waals surface area contributed by atoms with E-state index in [0.29, 0.717) is 0 Å². The minimum atomic E-state index is -4.44. The molecule has 0 amide bonds. The fourth-order valence-corrected chi connectivity index (χ4v) is 1.74. The van der Waals surface area contributed by atoms with Gasteiger partial charge in [-0.3, -0.25) is 14.6 Å². The summed E-state index contributed by atoms with van der Waals surface area (Å²) in [6, 6.07) is 3.62. The number of rotatable bonds is 3. The molecular formula is C13H9F3N2O2. The van der Waals surface area contributed by atoms with Gasteiger partial charge in [0.1, 0.15) is 0 Å². The highest BCUT2D eigenvalue weighted by Crippen LogP contribution is 2.30. The molecule has 1 aromatic carbocycles. The number of halogens is 3. The van der Waals surface area contributed by atoms with Gasteiger partial charge in [-0.15, -0.1) is 0 Å². The summed E-state index contributed by atoms with van der Waals surface area (Å²) in [5.41, 5.74) is -0.262. The molecule has 0 radical (unpaired) electrons. The number of benzene rings is 1. The highest BCUT2D eigenvalue weighted by molar-refractivity contribution is 6.29. The number of ketones is 1. The Bertz CT molecular complexity index is 606. The summed E-state index contributed by atoms with van der Waals surface area (Å²) in [7, 11) is 0. The Morgan fingerprint density at radius 3 is 2.75 bits per heavy atom. The van der Waals surface area contributed by atoms with E-state index in [0.717, 1.165) is 12.1 Å². The van der Waals surface area contributed by atoms with Gasteiger partial charge in [-0.1, -0.05) is 12.1 Å². The Morgan fingerprint density at radius 1 is 1.35 bits per heavy atom. The minimum Gasteiger partial charge on any atom is -0.348 e. The molecule has 104 valence electrons. The highest BCUT2D eigenvalue weighted by atomic mass is 19.4. The van der Waals surface area contributed by atoms with Crippen molar-refractivity contribution in [3.05, 3.63) is 41.1 Å². The van der Waals surface area contributed by atoms with Gasteiger partial charge >= 0.3 is 6.18 Å². The number of nitrogens with one attached hydrogen (secondary N) is 1. The van der Waals surface area contributed by atoms with Gasteiger partial charge < -0.3 is 5.32 Å². The largest absolute Gasteiger partial charge is 0.416 e. The first-order valence-electron chi connectivity index (χ1n) is 5.58. The van der Waals surface area contributed by atoms with Crippen molar-refractivity contribution >= 4 is 24.5 Å². The lowest BCUT2D eigenvalue weighted by molar-refractivity contribution is -0.137. The number of aliphatic imine (C=N–C) groups is 1. The zero-order valence-electron chi connectivity index (χ0n) is 10.0. The lowest BCUT2D eigenvalue weighted by atomic mass is 10.1. The zero-order chi connectivity index (χ0) is 14.8. The van der Waals surface area contributed by atoms with Crippen molar-refractivity contribution in [1.82, 2.24) is 5.32 Å². The second-order valence-corrected chi connectivity index (χ2v) is 4.07. The Balaban J connectivity index is 2.31. The molecule has 0 saturated carbocycles. The predicted molar refractivity (Wildman–Crippen MR) is 65.9 cm³/mol. The summed E-state index contributed by atoms with van der Waals surface area (Å²) in [5, 5.41) is 2.64. The van der Waals surface area contributed by atoms with Gasteiger partial charge in [0.25, 0.3) is 0 Å². The molecule has 2 rings (SSSR count). The van der Waals surface area contributed by atoms with Gasteiger partial charge in [-0.2, -0.15) is 13.2 Å². The van der Waals surface area contributed by atoms with Crippen LogP contribution in [-0.4, -0.2) is 24.4 Å². The van der Waals surface area contributed by atoms with Crippen LogP contribution in [-0.2, 0) is 15.8 Å². The Kier molecular flexibility index (Phi) is 3.69. The van der Waals surface area contributed by atoms with Crippen molar-refractivity contribution in [3.63, 3.8) is 0 Å². The van der Waals surface area contributed by atoms with Crippen LogP contribution in [0.25, 0.3) is 6.08 Å². The van der Waals surface area contributed by atoms with E-state index in [1.54, 1.807) is 0 Å². The Labute approximate surface area is 112 Å². The van der Waals surface area contributed by atoms with Crippen LogP contribution >= 0.6 is 0 Å². The average Bonchev–Trinajstić information content (AvgIpc) is 2.85. The maximum absolute atomic E-state index is 12.6. The van der Waals surface area contributed by atoms with Gasteiger partial charge in [0.15, 0.2) is 12.3 Å². The Morgan fingerprint density at radius 2 is 2.10 bits per heavy atom. The molecule has 7 heteroatoms. The van der Waals surface area contributed by atoms with Crippen LogP contribution in [0.5, 0.6) is 0 Å². The first kappa shape index (κ1) is 14.0. The maximum atomic E-state index is 12.6. The van der Waals surface area contributed by atoms with Crippen molar-refractivity contribution < 1.29 is 22.8 Å². The molecule has 0 spiro atoms. The average molecular weight is 282 g/mol. The molecule has 1 atom stereocenters. The van der Waals surface area contributed by atoms with Gasteiger partial charge in [0.2, 0.25) is 5.78 Å². The number of carbonyl (C=O) groups is 2. The van der Waals surface area contributed by atoms with Gasteiger partial charge in [-0.25, -0.2) is 0 Å². The number of aldehydes is 1. The van der Waals surface area contributed by atoms with Crippen molar-refractivity contribution in [2.45, 2.75) is 12.2 Å². The lowest BCUT2D eigenvalue weighted by Gasteiger charge is -2.08. The van der Waals surface area contributed by atoms with E-state index < -0.39 is 23.6 Å². The summed E-state index contributed by atoms with van der Waals surface area (Å²) >= 11 is 0. The normalized spacial score (nSPS) is 19.9. The third-order valence-corrected chi connectivity index (χ3v) is 2.67. The SMILES string of the molecule is O=CC(=O)C1N=CNC1=Cc1cccc(C(F)(F)F)c1. The third-order valence-electron chi connectivity index (χ3n) is 2.67. The van der Waals surface area contributed by atoms with E-state index in [4.69, 9.17) is 0 Å². The number of alkyl halides is 3. The predicted octanol–water partition coefficient (Wildman–Crippen LogP) is 1.81. The number of Topliss-reactive ketones (excluding diaryl/α,β-unsaturated/α-hetero) is 1. The molecule has 1 aliphatic rings. The van der Waals surface area contributed by atoms with E-state index in [2.05, 4.69) is 10.3 Å². The molecule has 1 heterocycles. The highest BCUT2D eigenvalue weighted by Gasteiger charge is 2.30. The second kappa shape index (κ2) is 5.28. The van der Waals surface area contributed by atoms with Gasteiger partial charge in [0.05, 0.1) is 11.9 Å². The number of carbonyl (C=O) groups excluding carboxylic acids is 2. The van der Waals surface area contributed by atoms with Crippen LogP contribution in [0.15, 0.2) is 35.0 Å². The minimum absolute atomic E-state index is 0.134. The molecule has 0 fully saturated rings. The summed E-state index contributed by atoms with van der Waals surface area (Å²) in [6.07, 6.45) is -1.72. The lowest BCUT2D eigenvalue weighted by Crippen LogP contribution is -2.23. The van der Waals surface area contributed by atoms with E-state index >= 15 is 0 Å². The van der Waals surface area contributed by atoms with E-state index in [9.17, 15) is 22.8 Å². The van der Waals surface area contributed by atoms with Gasteiger partial charge in [0, 0.05) is 5.70 Å². The molecule has 1 aromatic rings. The molecule has 20 heavy (non-hydrogen) atoms. The van der Waals surface area contributed by atoms with Crippen molar-refractivity contribution in [3.8, 4) is 0 Å². The van der Waals surface area contributed by atoms with Crippen LogP contribution < -0.4 is 5.32 Å². The van der Waals surface area contributed by atoms with Crippen LogP contribution in [0, 0.1) is 0 Å². The van der Waals surface area contributed by atoms with Crippen LogP contribution in [0.4, 0.5) is 13.2 Å². The first-order chi connectivity index (χ1) is 9.41. The van der Waals surface area contributed by atoms with Crippen LogP contribution in [0.1, 0.15) is 11.1 Å². The molecular weight excluding hydrogens is 273 g/mol. The second-order valence-electron chi connectivity index (χ2n) is 4.07.